The van der Waals surface area contributed by atoms with Gasteiger partial charge in [0.1, 0.15) is 0 Å². The minimum atomic E-state index is -0.801. The van der Waals surface area contributed by atoms with E-state index in [4.69, 9.17) is 28.2 Å². The predicted octanol–water partition coefficient (Wildman–Crippen LogP) is 0.829. The third-order valence-corrected chi connectivity index (χ3v) is 11.0. The number of nitrogens with one attached hydrogen (secondary N) is 1. The van der Waals surface area contributed by atoms with Crippen LogP contribution >= 0.6 is 23.2 Å². The van der Waals surface area contributed by atoms with Gasteiger partial charge >= 0.3 is 209 Å². The van der Waals surface area contributed by atoms with Crippen LogP contribution in [0.1, 0.15) is 11.1 Å². The molecule has 1 saturated heterocycles. The molecule has 0 aliphatic carbocycles. The summed E-state index contributed by atoms with van der Waals surface area (Å²) in [7, 11) is 0. The van der Waals surface area contributed by atoms with E-state index < -0.39 is 27.8 Å². The number of aliphatic carboxylic acids is 1. The van der Waals surface area contributed by atoms with Crippen molar-refractivity contribution in [1.29, 1.82) is 0 Å². The molecule has 2 heterocycles. The van der Waals surface area contributed by atoms with Crippen molar-refractivity contribution in [3.63, 3.8) is 0 Å². The summed E-state index contributed by atoms with van der Waals surface area (Å²) in [6, 6.07) is 13.4. The van der Waals surface area contributed by atoms with Crippen molar-refractivity contribution in [2.75, 3.05) is 19.6 Å². The van der Waals surface area contributed by atoms with E-state index in [1.54, 1.807) is 0 Å². The maximum absolute atomic E-state index is 11.3. The molecule has 0 saturated carbocycles. The number of piperazine rings is 1. The normalized spacial score (nSPS) is 17.0. The molecule has 0 amide bonds. The molecule has 1 aliphatic heterocycles. The van der Waals surface area contributed by atoms with Crippen LogP contribution < -0.4 is 14.3 Å². The van der Waals surface area contributed by atoms with Crippen LogP contribution in [0.4, 0.5) is 0 Å². The molecule has 172 valence electrons. The maximum atomic E-state index is 11.3. The Morgan fingerprint density at radius 2 is 1.94 bits per heavy atom. The second kappa shape index (κ2) is 11.4. The van der Waals surface area contributed by atoms with E-state index in [0.29, 0.717) is 23.1 Å². The molecule has 33 heavy (non-hydrogen) atoms. The van der Waals surface area contributed by atoms with Crippen molar-refractivity contribution in [1.82, 2.24) is 20.2 Å². The van der Waals surface area contributed by atoms with Gasteiger partial charge in [-0.05, 0) is 0 Å². The number of carboxylic acids is 1. The van der Waals surface area contributed by atoms with E-state index >= 15 is 0 Å². The molecule has 1 fully saturated rings. The number of rotatable bonds is 7. The Morgan fingerprint density at radius 1 is 1.21 bits per heavy atom. The Morgan fingerprint density at radius 3 is 2.64 bits per heavy atom. The van der Waals surface area contributed by atoms with Crippen molar-refractivity contribution >= 4 is 70.7 Å². The molecule has 0 radical (unpaired) electrons. The number of aromatic nitrogens is 2. The van der Waals surface area contributed by atoms with Gasteiger partial charge in [0.25, 0.3) is 0 Å². The second-order valence-electron chi connectivity index (χ2n) is 7.82. The number of benzene rings is 2. The van der Waals surface area contributed by atoms with Crippen LogP contribution in [0.2, 0.25) is 10.0 Å². The molecular formula is C23H24As2Cl2N4O2. The van der Waals surface area contributed by atoms with Gasteiger partial charge in [-0.3, -0.25) is 4.79 Å². The molecule has 3 aromatic rings. The van der Waals surface area contributed by atoms with Gasteiger partial charge in [-0.25, -0.2) is 0 Å². The summed E-state index contributed by atoms with van der Waals surface area (Å²) in [5.41, 5.74) is 4.02. The molecule has 1 aromatic heterocycles. The van der Waals surface area contributed by atoms with E-state index in [0.717, 1.165) is 49.6 Å². The molecule has 6 nitrogen and oxygen atoms in total. The monoisotopic (exact) mass is 608 g/mol. The summed E-state index contributed by atoms with van der Waals surface area (Å²) in [5, 5.41) is 14.5. The van der Waals surface area contributed by atoms with Crippen LogP contribution in [0.15, 0.2) is 48.7 Å². The first kappa shape index (κ1) is 24.7. The van der Waals surface area contributed by atoms with Crippen molar-refractivity contribution in [3.05, 3.63) is 69.8 Å². The van der Waals surface area contributed by atoms with Crippen molar-refractivity contribution < 1.29 is 9.90 Å². The zero-order valence-corrected chi connectivity index (χ0v) is 23.8. The average Bonchev–Trinajstić information content (AvgIpc) is 2.80. The van der Waals surface area contributed by atoms with Gasteiger partial charge in [0.05, 0.1) is 0 Å². The summed E-state index contributed by atoms with van der Waals surface area (Å²) in [6.07, 6.45) is 1.83. The molecule has 3 unspecified atom stereocenters. The van der Waals surface area contributed by atoms with Crippen LogP contribution in [0, 0.1) is 0 Å². The van der Waals surface area contributed by atoms with Gasteiger partial charge in [-0.2, -0.15) is 0 Å². The number of nitrogens with zero attached hydrogens (tertiary/aromatic N) is 3. The van der Waals surface area contributed by atoms with Gasteiger partial charge in [0.2, 0.25) is 0 Å². The third-order valence-electron chi connectivity index (χ3n) is 5.51. The van der Waals surface area contributed by atoms with Crippen molar-refractivity contribution in [2.45, 2.75) is 17.8 Å². The van der Waals surface area contributed by atoms with Crippen LogP contribution in [-0.2, 0) is 16.5 Å². The number of carboxylic acid groups (broad SMARTS) is 1. The number of hydrogen-bond donors (Lipinski definition) is 2. The van der Waals surface area contributed by atoms with Gasteiger partial charge < -0.3 is 5.11 Å². The first-order valence-corrected chi connectivity index (χ1v) is 15.0. The average molecular weight is 609 g/mol. The Bertz CT molecular complexity index is 1130. The fraction of sp³-hybridized carbons (Fsp3) is 0.261. The number of hydrogen-bond acceptors (Lipinski definition) is 5. The number of halogens is 2. The summed E-state index contributed by atoms with van der Waals surface area (Å²) in [4.78, 5) is 23.0. The molecule has 1 aliphatic rings. The summed E-state index contributed by atoms with van der Waals surface area (Å²) >= 11 is 13.6. The van der Waals surface area contributed by atoms with Crippen molar-refractivity contribution in [3.8, 4) is 11.3 Å². The molecule has 3 atom stereocenters. The van der Waals surface area contributed by atoms with Crippen LogP contribution in [-0.4, -0.2) is 84.2 Å². The third kappa shape index (κ3) is 6.39. The summed E-state index contributed by atoms with van der Waals surface area (Å²) < 4.78 is 2.09. The Balaban J connectivity index is 1.44. The first-order valence-electron chi connectivity index (χ1n) is 10.5. The molecule has 10 heteroatoms. The standard InChI is InChI=1S/C23H24As2Cl2N4O2/c24-21-22(25-10-16-17(26)2-1-3-18(16)27)30-19(11-29-21)15-6-4-14(5-7-15)12-31-9-8-28-20(13-31)23(32)33/h1-7,11,20,25,28H,8-10,12-13,24H2,(H,32,33). The molecule has 0 spiro atoms. The SMILES string of the molecule is O=C(O)C1CN(Cc2ccc(-c3cnc([AsH2])c([AsH]Cc4c(Cl)cccc4Cl)n3)cc2)CCN1. The first-order chi connectivity index (χ1) is 15.9. The quantitative estimate of drug-likeness (QED) is 0.387. The molecule has 4 rings (SSSR count). The van der Waals surface area contributed by atoms with E-state index in [1.807, 2.05) is 24.4 Å². The summed E-state index contributed by atoms with van der Waals surface area (Å²) in [6.45, 7) is 2.75. The fourth-order valence-corrected chi connectivity index (χ4v) is 8.56. The fourth-order valence-electron chi connectivity index (χ4n) is 3.70. The van der Waals surface area contributed by atoms with Gasteiger partial charge in [0.15, 0.2) is 0 Å². The van der Waals surface area contributed by atoms with E-state index in [2.05, 4.69) is 39.5 Å². The van der Waals surface area contributed by atoms with E-state index in [-0.39, 0.29) is 0 Å². The van der Waals surface area contributed by atoms with Crippen LogP contribution in [0.5, 0.6) is 0 Å². The Hall–Kier alpha value is -1.39. The topological polar surface area (TPSA) is 78.3 Å². The van der Waals surface area contributed by atoms with E-state index in [1.165, 1.54) is 16.9 Å². The zero-order chi connectivity index (χ0) is 23.4. The second-order valence-corrected chi connectivity index (χ2v) is 12.3. The molecule has 2 N–H and O–H groups in total. The molecule has 0 bridgehead atoms. The van der Waals surface area contributed by atoms with E-state index in [9.17, 15) is 9.90 Å². The van der Waals surface area contributed by atoms with Gasteiger partial charge in [0, 0.05) is 0 Å². The van der Waals surface area contributed by atoms with Crippen LogP contribution in [0.3, 0.4) is 0 Å². The summed E-state index contributed by atoms with van der Waals surface area (Å²) in [5.74, 6) is -0.801. The minimum absolute atomic E-state index is 0.505. The molecular weight excluding hydrogens is 585 g/mol. The Labute approximate surface area is 218 Å². The predicted molar refractivity (Wildman–Crippen MR) is 137 cm³/mol. The number of carbonyl (C=O) groups is 1. The van der Waals surface area contributed by atoms with Crippen molar-refractivity contribution in [2.24, 2.45) is 0 Å². The zero-order valence-electron chi connectivity index (χ0n) is 17.8. The van der Waals surface area contributed by atoms with Gasteiger partial charge in [-0.1, -0.05) is 0 Å². The molecule has 2 aromatic carbocycles. The van der Waals surface area contributed by atoms with Crippen LogP contribution in [0.25, 0.3) is 11.3 Å². The Kier molecular flexibility index (Phi) is 8.51. The van der Waals surface area contributed by atoms with Gasteiger partial charge in [-0.15, -0.1) is 0 Å².